The van der Waals surface area contributed by atoms with Crippen LogP contribution in [0.1, 0.15) is 43.8 Å². The monoisotopic (exact) mass is 333 g/mol. The van der Waals surface area contributed by atoms with Gasteiger partial charge in [0, 0.05) is 32.7 Å². The van der Waals surface area contributed by atoms with Gasteiger partial charge >= 0.3 is 0 Å². The molecular formula is C15H23N7O2. The van der Waals surface area contributed by atoms with E-state index in [-0.39, 0.29) is 17.7 Å². The summed E-state index contributed by atoms with van der Waals surface area (Å²) in [6, 6.07) is 0. The molecule has 0 aliphatic carbocycles. The second kappa shape index (κ2) is 6.12. The van der Waals surface area contributed by atoms with Gasteiger partial charge in [0.2, 0.25) is 11.8 Å². The van der Waals surface area contributed by atoms with Crippen LogP contribution in [0.4, 0.5) is 0 Å². The van der Waals surface area contributed by atoms with Crippen molar-refractivity contribution in [2.45, 2.75) is 50.1 Å². The average Bonchev–Trinajstić information content (AvgIpc) is 2.97. The summed E-state index contributed by atoms with van der Waals surface area (Å²) in [7, 11) is 0. The fourth-order valence-electron chi connectivity index (χ4n) is 4.05. The first-order valence-corrected chi connectivity index (χ1v) is 8.78. The molecule has 0 saturated carbocycles. The first-order chi connectivity index (χ1) is 11.7. The normalized spacial score (nSPS) is 26.6. The molecular weight excluding hydrogens is 310 g/mol. The Morgan fingerprint density at radius 2 is 2.00 bits per heavy atom. The van der Waals surface area contributed by atoms with Crippen LogP contribution < -0.4 is 10.6 Å². The Balaban J connectivity index is 1.46. The van der Waals surface area contributed by atoms with Crippen molar-refractivity contribution in [1.82, 2.24) is 35.7 Å². The zero-order chi connectivity index (χ0) is 16.6. The maximum absolute atomic E-state index is 13.0. The summed E-state index contributed by atoms with van der Waals surface area (Å²) < 4.78 is 1.76. The molecule has 1 aromatic rings. The molecule has 9 nitrogen and oxygen atoms in total. The van der Waals surface area contributed by atoms with E-state index in [9.17, 15) is 9.59 Å². The van der Waals surface area contributed by atoms with Crippen LogP contribution in [0.3, 0.4) is 0 Å². The molecule has 2 amide bonds. The van der Waals surface area contributed by atoms with Crippen molar-refractivity contribution in [2.24, 2.45) is 0 Å². The topological polar surface area (TPSA) is 105 Å². The lowest BCUT2D eigenvalue weighted by Crippen LogP contribution is -2.67. The SMILES string of the molecule is O=C(C1CCCCn2nnnc21)N1CCC2(CC1)NCCNC2=O. The van der Waals surface area contributed by atoms with E-state index in [0.717, 1.165) is 32.4 Å². The molecule has 130 valence electrons. The van der Waals surface area contributed by atoms with Crippen LogP contribution in [-0.2, 0) is 16.1 Å². The van der Waals surface area contributed by atoms with Gasteiger partial charge in [0.1, 0.15) is 5.54 Å². The van der Waals surface area contributed by atoms with Gasteiger partial charge in [-0.1, -0.05) is 6.42 Å². The number of rotatable bonds is 1. The Morgan fingerprint density at radius 1 is 1.17 bits per heavy atom. The van der Waals surface area contributed by atoms with Crippen molar-refractivity contribution < 1.29 is 9.59 Å². The molecule has 4 heterocycles. The smallest absolute Gasteiger partial charge is 0.240 e. The van der Waals surface area contributed by atoms with Gasteiger partial charge in [-0.15, -0.1) is 5.10 Å². The van der Waals surface area contributed by atoms with Crippen molar-refractivity contribution in [1.29, 1.82) is 0 Å². The number of tetrazole rings is 1. The molecule has 2 fully saturated rings. The summed E-state index contributed by atoms with van der Waals surface area (Å²) in [4.78, 5) is 27.1. The van der Waals surface area contributed by atoms with E-state index < -0.39 is 5.54 Å². The Hall–Kier alpha value is -2.03. The van der Waals surface area contributed by atoms with Crippen LogP contribution in [0.15, 0.2) is 0 Å². The number of nitrogens with one attached hydrogen (secondary N) is 2. The van der Waals surface area contributed by atoms with Gasteiger partial charge in [0.25, 0.3) is 0 Å². The molecule has 0 aromatic carbocycles. The molecule has 4 rings (SSSR count). The average molecular weight is 333 g/mol. The lowest BCUT2D eigenvalue weighted by molar-refractivity contribution is -0.139. The van der Waals surface area contributed by atoms with E-state index in [1.54, 1.807) is 4.68 Å². The molecule has 1 aromatic heterocycles. The fourth-order valence-corrected chi connectivity index (χ4v) is 4.05. The van der Waals surface area contributed by atoms with E-state index in [1.165, 1.54) is 0 Å². The maximum Gasteiger partial charge on any atom is 0.240 e. The molecule has 3 aliphatic rings. The van der Waals surface area contributed by atoms with Crippen molar-refractivity contribution in [3.8, 4) is 0 Å². The van der Waals surface area contributed by atoms with E-state index in [4.69, 9.17) is 0 Å². The van der Waals surface area contributed by atoms with Crippen LogP contribution >= 0.6 is 0 Å². The lowest BCUT2D eigenvalue weighted by atomic mass is 9.84. The zero-order valence-corrected chi connectivity index (χ0v) is 13.7. The third kappa shape index (κ3) is 2.56. The highest BCUT2D eigenvalue weighted by molar-refractivity contribution is 5.88. The minimum absolute atomic E-state index is 0.0688. The van der Waals surface area contributed by atoms with Gasteiger partial charge in [-0.2, -0.15) is 0 Å². The van der Waals surface area contributed by atoms with E-state index in [0.29, 0.717) is 38.3 Å². The van der Waals surface area contributed by atoms with Gasteiger partial charge in [0.15, 0.2) is 5.82 Å². The Bertz CT molecular complexity index is 636. The number of aromatic nitrogens is 4. The number of carbonyl (C=O) groups is 2. The third-order valence-corrected chi connectivity index (χ3v) is 5.52. The molecule has 0 radical (unpaired) electrons. The molecule has 2 saturated heterocycles. The number of amides is 2. The minimum Gasteiger partial charge on any atom is -0.353 e. The molecule has 3 aliphatic heterocycles. The molecule has 2 N–H and O–H groups in total. The first-order valence-electron chi connectivity index (χ1n) is 8.78. The second-order valence-corrected chi connectivity index (χ2v) is 6.90. The van der Waals surface area contributed by atoms with Gasteiger partial charge in [-0.05, 0) is 36.1 Å². The number of aryl methyl sites for hydroxylation is 1. The van der Waals surface area contributed by atoms with Gasteiger partial charge < -0.3 is 15.5 Å². The molecule has 1 atom stereocenters. The predicted octanol–water partition coefficient (Wildman–Crippen LogP) is -0.979. The quantitative estimate of drug-likeness (QED) is 0.684. The summed E-state index contributed by atoms with van der Waals surface area (Å²) in [5.41, 5.74) is -0.500. The zero-order valence-electron chi connectivity index (χ0n) is 13.7. The van der Waals surface area contributed by atoms with Crippen molar-refractivity contribution in [3.05, 3.63) is 5.82 Å². The summed E-state index contributed by atoms with van der Waals surface area (Å²) in [5, 5.41) is 18.1. The number of hydrogen-bond donors (Lipinski definition) is 2. The summed E-state index contributed by atoms with van der Waals surface area (Å²) >= 11 is 0. The van der Waals surface area contributed by atoms with E-state index in [2.05, 4.69) is 26.2 Å². The summed E-state index contributed by atoms with van der Waals surface area (Å²) in [6.07, 6.45) is 4.09. The first kappa shape index (κ1) is 15.5. The standard InChI is InChI=1S/C15H23N7O2/c23-13(11-3-1-2-8-22-12(11)18-19-20-22)21-9-4-15(5-10-21)14(24)16-6-7-17-15/h11,17H,1-10H2,(H,16,24). The maximum atomic E-state index is 13.0. The number of hydrogen-bond acceptors (Lipinski definition) is 6. The molecule has 24 heavy (non-hydrogen) atoms. The molecule has 1 spiro atoms. The van der Waals surface area contributed by atoms with Gasteiger partial charge in [-0.25, -0.2) is 4.68 Å². The Kier molecular flexibility index (Phi) is 3.95. The molecule has 9 heteroatoms. The third-order valence-electron chi connectivity index (χ3n) is 5.52. The van der Waals surface area contributed by atoms with E-state index >= 15 is 0 Å². The molecule has 1 unspecified atom stereocenters. The number of fused-ring (bicyclic) bond motifs is 1. The fraction of sp³-hybridized carbons (Fsp3) is 0.800. The number of carbonyl (C=O) groups excluding carboxylic acids is 2. The Morgan fingerprint density at radius 3 is 2.79 bits per heavy atom. The van der Waals surface area contributed by atoms with Gasteiger partial charge in [0.05, 0.1) is 5.92 Å². The van der Waals surface area contributed by atoms with Crippen molar-refractivity contribution in [2.75, 3.05) is 26.2 Å². The summed E-state index contributed by atoms with van der Waals surface area (Å²) in [5.74, 6) is 0.592. The van der Waals surface area contributed by atoms with E-state index in [1.807, 2.05) is 4.90 Å². The van der Waals surface area contributed by atoms with Crippen LogP contribution in [0.25, 0.3) is 0 Å². The number of nitrogens with zero attached hydrogens (tertiary/aromatic N) is 5. The predicted molar refractivity (Wildman–Crippen MR) is 84.0 cm³/mol. The van der Waals surface area contributed by atoms with Crippen LogP contribution in [0, 0.1) is 0 Å². The largest absolute Gasteiger partial charge is 0.353 e. The highest BCUT2D eigenvalue weighted by Crippen LogP contribution is 2.30. The Labute approximate surface area is 140 Å². The lowest BCUT2D eigenvalue weighted by Gasteiger charge is -2.44. The van der Waals surface area contributed by atoms with Gasteiger partial charge in [-0.3, -0.25) is 9.59 Å². The highest BCUT2D eigenvalue weighted by atomic mass is 16.2. The number of piperazine rings is 1. The van der Waals surface area contributed by atoms with Crippen LogP contribution in [0.5, 0.6) is 0 Å². The second-order valence-electron chi connectivity index (χ2n) is 6.90. The van der Waals surface area contributed by atoms with Crippen molar-refractivity contribution in [3.63, 3.8) is 0 Å². The number of piperidine rings is 1. The van der Waals surface area contributed by atoms with Crippen molar-refractivity contribution >= 4 is 11.8 Å². The number of likely N-dealkylation sites (tertiary alicyclic amines) is 1. The van der Waals surface area contributed by atoms with Crippen LogP contribution in [-0.4, -0.2) is 68.6 Å². The highest BCUT2D eigenvalue weighted by Gasteiger charge is 2.44. The molecule has 0 bridgehead atoms. The van der Waals surface area contributed by atoms with Crippen LogP contribution in [0.2, 0.25) is 0 Å². The summed E-state index contributed by atoms with van der Waals surface area (Å²) in [6.45, 7) is 3.43. The minimum atomic E-state index is -0.500.